The van der Waals surface area contributed by atoms with Crippen molar-refractivity contribution in [2.45, 2.75) is 34.9 Å². The smallest absolute Gasteiger partial charge is 0.206 e. The number of halogens is 2. The Morgan fingerprint density at radius 1 is 1.38 bits per heavy atom. The standard InChI is InChI=1S/C9H11Cl2NO2S2/c10-6-2-1-3-7(6)12-16(13,14)9-5-4-8(11)15-9/h4-7,12H,1-3H2. The third-order valence-corrected chi connectivity index (χ3v) is 6.29. The number of nitrogens with one attached hydrogen (secondary N) is 1. The first-order valence-corrected chi connectivity index (χ1v) is 8.02. The number of rotatable bonds is 3. The van der Waals surface area contributed by atoms with Crippen LogP contribution >= 0.6 is 34.5 Å². The van der Waals surface area contributed by atoms with Crippen LogP contribution in [-0.2, 0) is 10.0 Å². The SMILES string of the molecule is O=S(=O)(NC1CCCC1Cl)c1ccc(Cl)s1. The highest BCUT2D eigenvalue weighted by molar-refractivity contribution is 7.91. The highest BCUT2D eigenvalue weighted by atomic mass is 35.5. The van der Waals surface area contributed by atoms with Crippen molar-refractivity contribution in [1.29, 1.82) is 0 Å². The summed E-state index contributed by atoms with van der Waals surface area (Å²) in [6, 6.07) is 2.92. The lowest BCUT2D eigenvalue weighted by molar-refractivity contribution is 0.556. The van der Waals surface area contributed by atoms with Gasteiger partial charge in [-0.1, -0.05) is 18.0 Å². The van der Waals surface area contributed by atoms with Crippen LogP contribution in [0.2, 0.25) is 4.34 Å². The number of thiophene rings is 1. The first kappa shape index (κ1) is 12.6. The van der Waals surface area contributed by atoms with Gasteiger partial charge in [-0.15, -0.1) is 22.9 Å². The summed E-state index contributed by atoms with van der Waals surface area (Å²) in [7, 11) is -3.46. The minimum atomic E-state index is -3.46. The Kier molecular flexibility index (Phi) is 3.81. The maximum absolute atomic E-state index is 11.9. The summed E-state index contributed by atoms with van der Waals surface area (Å²) in [4.78, 5) is 0. The van der Waals surface area contributed by atoms with Gasteiger partial charge in [-0.3, -0.25) is 0 Å². The molecular formula is C9H11Cl2NO2S2. The molecule has 2 rings (SSSR count). The van der Waals surface area contributed by atoms with Gasteiger partial charge in [0.1, 0.15) is 4.21 Å². The number of alkyl halides is 1. The Balaban J connectivity index is 2.14. The molecule has 1 aliphatic rings. The third kappa shape index (κ3) is 2.71. The van der Waals surface area contributed by atoms with E-state index < -0.39 is 10.0 Å². The average molecular weight is 300 g/mol. The molecule has 1 aromatic rings. The van der Waals surface area contributed by atoms with Gasteiger partial charge >= 0.3 is 0 Å². The summed E-state index contributed by atoms with van der Waals surface area (Å²) in [5.74, 6) is 0. The summed E-state index contributed by atoms with van der Waals surface area (Å²) in [6.07, 6.45) is 2.62. The van der Waals surface area contributed by atoms with Gasteiger partial charge in [-0.2, -0.15) is 0 Å². The second kappa shape index (κ2) is 4.82. The largest absolute Gasteiger partial charge is 0.250 e. The van der Waals surface area contributed by atoms with Gasteiger partial charge in [-0.05, 0) is 25.0 Å². The summed E-state index contributed by atoms with van der Waals surface area (Å²) in [5, 5.41) is -0.106. The minimum absolute atomic E-state index is 0.106. The van der Waals surface area contributed by atoms with Gasteiger partial charge in [0.15, 0.2) is 0 Å². The van der Waals surface area contributed by atoms with Crippen molar-refractivity contribution in [1.82, 2.24) is 4.72 Å². The zero-order valence-electron chi connectivity index (χ0n) is 8.32. The monoisotopic (exact) mass is 299 g/mol. The van der Waals surface area contributed by atoms with Gasteiger partial charge in [-0.25, -0.2) is 13.1 Å². The maximum Gasteiger partial charge on any atom is 0.250 e. The number of hydrogen-bond donors (Lipinski definition) is 1. The molecule has 2 unspecified atom stereocenters. The lowest BCUT2D eigenvalue weighted by Gasteiger charge is -2.14. The van der Waals surface area contributed by atoms with Crippen LogP contribution in [0.1, 0.15) is 19.3 Å². The molecule has 1 heterocycles. The van der Waals surface area contributed by atoms with Crippen molar-refractivity contribution in [2.75, 3.05) is 0 Å². The van der Waals surface area contributed by atoms with Crippen LogP contribution in [0.3, 0.4) is 0 Å². The van der Waals surface area contributed by atoms with Crippen LogP contribution in [0.4, 0.5) is 0 Å². The molecule has 0 bridgehead atoms. The molecule has 1 aliphatic carbocycles. The molecule has 0 radical (unpaired) electrons. The third-order valence-electron chi connectivity index (χ3n) is 2.55. The van der Waals surface area contributed by atoms with E-state index in [2.05, 4.69) is 4.72 Å². The van der Waals surface area contributed by atoms with E-state index >= 15 is 0 Å². The van der Waals surface area contributed by atoms with Gasteiger partial charge in [0.25, 0.3) is 0 Å². The Bertz CT molecular complexity index is 472. The van der Waals surface area contributed by atoms with Crippen molar-refractivity contribution < 1.29 is 8.42 Å². The van der Waals surface area contributed by atoms with Crippen molar-refractivity contribution in [3.8, 4) is 0 Å². The Morgan fingerprint density at radius 2 is 2.12 bits per heavy atom. The van der Waals surface area contributed by atoms with Crippen LogP contribution < -0.4 is 4.72 Å². The fraction of sp³-hybridized carbons (Fsp3) is 0.556. The van der Waals surface area contributed by atoms with Gasteiger partial charge in [0, 0.05) is 11.4 Å². The Hall–Kier alpha value is 0.190. The molecule has 7 heteroatoms. The quantitative estimate of drug-likeness (QED) is 0.873. The fourth-order valence-electron chi connectivity index (χ4n) is 1.75. The van der Waals surface area contributed by atoms with E-state index in [1.165, 1.54) is 6.07 Å². The van der Waals surface area contributed by atoms with Gasteiger partial charge in [0.05, 0.1) is 4.34 Å². The van der Waals surface area contributed by atoms with E-state index in [4.69, 9.17) is 23.2 Å². The molecule has 0 saturated heterocycles. The predicted octanol–water partition coefficient (Wildman–Crippen LogP) is 2.84. The average Bonchev–Trinajstić information content (AvgIpc) is 2.77. The molecule has 0 aromatic carbocycles. The highest BCUT2D eigenvalue weighted by Crippen LogP contribution is 2.29. The second-order valence-corrected chi connectivity index (χ2v) is 7.95. The molecule has 90 valence electrons. The lowest BCUT2D eigenvalue weighted by atomic mass is 10.3. The second-order valence-electron chi connectivity index (χ2n) is 3.73. The minimum Gasteiger partial charge on any atom is -0.206 e. The summed E-state index contributed by atoms with van der Waals surface area (Å²) < 4.78 is 27.2. The normalized spacial score (nSPS) is 26.1. The van der Waals surface area contributed by atoms with E-state index in [-0.39, 0.29) is 15.6 Å². The summed E-state index contributed by atoms with van der Waals surface area (Å²) in [5.41, 5.74) is 0. The number of sulfonamides is 1. The summed E-state index contributed by atoms with van der Waals surface area (Å²) >= 11 is 12.8. The molecular weight excluding hydrogens is 289 g/mol. The predicted molar refractivity (Wildman–Crippen MR) is 66.9 cm³/mol. The van der Waals surface area contributed by atoms with Gasteiger partial charge < -0.3 is 0 Å². The molecule has 1 N–H and O–H groups in total. The Labute approximate surface area is 109 Å². The first-order chi connectivity index (χ1) is 7.49. The lowest BCUT2D eigenvalue weighted by Crippen LogP contribution is -2.37. The van der Waals surface area contributed by atoms with Crippen LogP contribution in [0.15, 0.2) is 16.3 Å². The number of hydrogen-bond acceptors (Lipinski definition) is 3. The summed E-state index contributed by atoms with van der Waals surface area (Å²) in [6.45, 7) is 0. The molecule has 2 atom stereocenters. The van der Waals surface area contributed by atoms with Crippen LogP contribution in [-0.4, -0.2) is 19.8 Å². The molecule has 16 heavy (non-hydrogen) atoms. The van der Waals surface area contributed by atoms with Gasteiger partial charge in [0.2, 0.25) is 10.0 Å². The maximum atomic E-state index is 11.9. The molecule has 1 fully saturated rings. The molecule has 1 saturated carbocycles. The van der Waals surface area contributed by atoms with Crippen molar-refractivity contribution in [3.05, 3.63) is 16.5 Å². The highest BCUT2D eigenvalue weighted by Gasteiger charge is 2.30. The molecule has 0 spiro atoms. The van der Waals surface area contributed by atoms with Crippen LogP contribution in [0.25, 0.3) is 0 Å². The molecule has 3 nitrogen and oxygen atoms in total. The first-order valence-electron chi connectivity index (χ1n) is 4.91. The van der Waals surface area contributed by atoms with Crippen molar-refractivity contribution >= 4 is 44.6 Å². The topological polar surface area (TPSA) is 46.2 Å². The molecule has 0 amide bonds. The molecule has 1 aromatic heterocycles. The zero-order valence-corrected chi connectivity index (χ0v) is 11.5. The van der Waals surface area contributed by atoms with Crippen molar-refractivity contribution in [3.63, 3.8) is 0 Å². The van der Waals surface area contributed by atoms with E-state index in [1.807, 2.05) is 0 Å². The van der Waals surface area contributed by atoms with E-state index in [1.54, 1.807) is 6.07 Å². The van der Waals surface area contributed by atoms with Crippen LogP contribution in [0.5, 0.6) is 0 Å². The molecule has 0 aliphatic heterocycles. The van der Waals surface area contributed by atoms with E-state index in [0.29, 0.717) is 4.34 Å². The van der Waals surface area contributed by atoms with E-state index in [9.17, 15) is 8.42 Å². The van der Waals surface area contributed by atoms with Crippen LogP contribution in [0, 0.1) is 0 Å². The van der Waals surface area contributed by atoms with Crippen molar-refractivity contribution in [2.24, 2.45) is 0 Å². The Morgan fingerprint density at radius 3 is 2.62 bits per heavy atom. The fourth-order valence-corrected chi connectivity index (χ4v) is 4.98. The zero-order chi connectivity index (χ0) is 11.8. The van der Waals surface area contributed by atoms with E-state index in [0.717, 1.165) is 30.6 Å².